The quantitative estimate of drug-likeness (QED) is 0.342. The molecule has 2 aliphatic heterocycles. The van der Waals surface area contributed by atoms with Crippen LogP contribution in [0.4, 0.5) is 13.2 Å². The number of carbonyl (C=O) groups is 2. The van der Waals surface area contributed by atoms with E-state index in [-0.39, 0.29) is 35.9 Å². The van der Waals surface area contributed by atoms with Gasteiger partial charge < -0.3 is 15.2 Å². The highest BCUT2D eigenvalue weighted by atomic mass is 32.2. The van der Waals surface area contributed by atoms with Gasteiger partial charge in [-0.1, -0.05) is 0 Å². The normalized spacial score (nSPS) is 27.4. The number of carbonyl (C=O) groups excluding carboxylic acids is 2. The summed E-state index contributed by atoms with van der Waals surface area (Å²) in [5.41, 5.74) is 4.46. The van der Waals surface area contributed by atoms with E-state index in [2.05, 4.69) is 4.72 Å². The minimum absolute atomic E-state index is 0.0128. The van der Waals surface area contributed by atoms with Crippen LogP contribution in [0.25, 0.3) is 0 Å². The molecule has 4 rings (SSSR count). The second-order valence-electron chi connectivity index (χ2n) is 10.9. The Bertz CT molecular complexity index is 968. The van der Waals surface area contributed by atoms with Crippen molar-refractivity contribution in [2.24, 2.45) is 17.1 Å². The van der Waals surface area contributed by atoms with Gasteiger partial charge >= 0.3 is 0 Å². The van der Waals surface area contributed by atoms with E-state index in [4.69, 9.17) is 5.73 Å². The van der Waals surface area contributed by atoms with Crippen LogP contribution in [0.5, 0.6) is 0 Å². The van der Waals surface area contributed by atoms with Gasteiger partial charge in [0.1, 0.15) is 16.0 Å². The number of hydrogen-bond donors (Lipinski definition) is 2. The van der Waals surface area contributed by atoms with E-state index in [9.17, 15) is 27.3 Å². The average molecular weight is 500 g/mol. The fraction of sp³-hybridized carbons (Fsp3) is 0.667. The molecule has 1 saturated carbocycles. The van der Waals surface area contributed by atoms with Crippen LogP contribution in [0.2, 0.25) is 0 Å². The predicted octanol–water partition coefficient (Wildman–Crippen LogP) is 3.10. The van der Waals surface area contributed by atoms with E-state index in [0.717, 1.165) is 18.9 Å². The number of halogens is 3. The lowest BCUT2D eigenvalue weighted by molar-refractivity contribution is -0.147. The third kappa shape index (κ3) is 4.68. The molecule has 2 heterocycles. The zero-order valence-electron chi connectivity index (χ0n) is 19.7. The van der Waals surface area contributed by atoms with E-state index < -0.39 is 50.9 Å². The summed E-state index contributed by atoms with van der Waals surface area (Å²) in [6.45, 7) is 5.44. The molecule has 3 aliphatic rings. The number of nitrogens with zero attached hydrogens (tertiary/aromatic N) is 1. The second-order valence-corrected chi connectivity index (χ2v) is 12.9. The predicted molar refractivity (Wildman–Crippen MR) is 122 cm³/mol. The topological polar surface area (TPSA) is 98.5 Å². The van der Waals surface area contributed by atoms with Crippen molar-refractivity contribution >= 4 is 23.2 Å². The van der Waals surface area contributed by atoms with E-state index in [1.54, 1.807) is 0 Å². The monoisotopic (exact) mass is 499 g/mol. The van der Waals surface area contributed by atoms with Crippen molar-refractivity contribution in [2.75, 3.05) is 0 Å². The highest BCUT2D eigenvalue weighted by Gasteiger charge is 2.60. The number of fused-ring (bicyclic) bond motifs is 2. The Kier molecular flexibility index (Phi) is 6.72. The molecule has 2 amide bonds. The number of hydrogen-bond acceptors (Lipinski definition) is 4. The maximum Gasteiger partial charge on any atom is 0.238 e. The summed E-state index contributed by atoms with van der Waals surface area (Å²) in [6, 6.07) is 0.749. The van der Waals surface area contributed by atoms with Gasteiger partial charge in [0.15, 0.2) is 11.6 Å². The van der Waals surface area contributed by atoms with Crippen molar-refractivity contribution in [1.82, 2.24) is 9.62 Å². The first-order chi connectivity index (χ1) is 15.8. The number of nitrogens with two attached hydrogens (primary N) is 1. The molecule has 6 nitrogen and oxygen atoms in total. The highest BCUT2D eigenvalue weighted by molar-refractivity contribution is 7.90. The average Bonchev–Trinajstić information content (AvgIpc) is 3.51. The Morgan fingerprint density at radius 1 is 1.15 bits per heavy atom. The van der Waals surface area contributed by atoms with E-state index in [1.807, 2.05) is 25.7 Å². The summed E-state index contributed by atoms with van der Waals surface area (Å²) >= 11 is -1.47. The molecule has 0 aromatic heterocycles. The summed E-state index contributed by atoms with van der Waals surface area (Å²) in [6.07, 6.45) is 3.74. The standard InChI is InChI=1S/C24H32F3N3O3S/c1-23(2,3)34(33)29-20(11-13-10-18(26)19(27)12-17(13)25)14-8-15-4-5-16(9-14)30(15)22(32)24(6-7-24)21(28)31/h10,12,14-16,20,29H,4-9,11H2,1-3H3,(H2,28,31)/t14-,15-,16+,20-,34?/m1/s1. The Labute approximate surface area is 201 Å². The molecule has 34 heavy (non-hydrogen) atoms. The number of benzene rings is 1. The lowest BCUT2D eigenvalue weighted by atomic mass is 9.82. The van der Waals surface area contributed by atoms with E-state index in [1.165, 1.54) is 0 Å². The molecular weight excluding hydrogens is 467 g/mol. The molecule has 2 saturated heterocycles. The number of primary amides is 1. The summed E-state index contributed by atoms with van der Waals surface area (Å²) in [7, 11) is 0. The van der Waals surface area contributed by atoms with Crippen molar-refractivity contribution in [2.45, 2.75) is 88.6 Å². The number of piperidine rings is 1. The Hall–Kier alpha value is -1.78. The number of nitrogens with one attached hydrogen (secondary N) is 1. The molecule has 5 atom stereocenters. The Balaban J connectivity index is 1.56. The van der Waals surface area contributed by atoms with Gasteiger partial charge in [-0.25, -0.2) is 13.2 Å². The minimum atomic E-state index is -1.47. The van der Waals surface area contributed by atoms with Crippen molar-refractivity contribution < 1.29 is 27.3 Å². The molecule has 10 heteroatoms. The molecule has 188 valence electrons. The van der Waals surface area contributed by atoms with Crippen molar-refractivity contribution in [3.8, 4) is 0 Å². The van der Waals surface area contributed by atoms with Crippen LogP contribution in [0.15, 0.2) is 12.1 Å². The summed E-state index contributed by atoms with van der Waals surface area (Å²) in [5, 5.41) is 0. The van der Waals surface area contributed by atoms with Gasteiger partial charge in [-0.15, -0.1) is 4.72 Å². The fourth-order valence-corrected chi connectivity index (χ4v) is 6.30. The van der Waals surface area contributed by atoms with Crippen LogP contribution in [0.1, 0.15) is 64.9 Å². The molecule has 1 aromatic carbocycles. The van der Waals surface area contributed by atoms with Gasteiger partial charge in [0.05, 0.1) is 6.04 Å². The first kappa shape index (κ1) is 25.3. The molecule has 3 fully saturated rings. The highest BCUT2D eigenvalue weighted by Crippen LogP contribution is 2.51. The second kappa shape index (κ2) is 9.02. The maximum atomic E-state index is 14.5. The third-order valence-corrected chi connectivity index (χ3v) is 9.18. The van der Waals surface area contributed by atoms with E-state index >= 15 is 0 Å². The zero-order valence-corrected chi connectivity index (χ0v) is 20.5. The van der Waals surface area contributed by atoms with Crippen LogP contribution in [-0.2, 0) is 27.4 Å². The van der Waals surface area contributed by atoms with Gasteiger partial charge in [-0.3, -0.25) is 9.59 Å². The Morgan fingerprint density at radius 3 is 2.21 bits per heavy atom. The molecule has 2 bridgehead atoms. The maximum absolute atomic E-state index is 14.5. The SMILES string of the molecule is CC(C)(C)[S+]([O-])N[C@H](Cc1cc(F)c(F)cc1F)[C@@H]1C[C@H]2CC[C@@H](C1)N2C(=O)C1(C(N)=O)CC1. The van der Waals surface area contributed by atoms with Crippen molar-refractivity contribution in [3.05, 3.63) is 35.1 Å². The lowest BCUT2D eigenvalue weighted by Gasteiger charge is -2.43. The van der Waals surface area contributed by atoms with Gasteiger partial charge in [0.25, 0.3) is 0 Å². The molecule has 1 unspecified atom stereocenters. The van der Waals surface area contributed by atoms with Gasteiger partial charge in [0, 0.05) is 29.5 Å². The molecule has 1 aliphatic carbocycles. The molecular formula is C24H32F3N3O3S. The number of amides is 2. The van der Waals surface area contributed by atoms with Crippen LogP contribution < -0.4 is 10.5 Å². The fourth-order valence-electron chi connectivity index (χ4n) is 5.39. The molecule has 0 radical (unpaired) electrons. The Morgan fingerprint density at radius 2 is 1.71 bits per heavy atom. The summed E-state index contributed by atoms with van der Waals surface area (Å²) < 4.78 is 57.3. The first-order valence-electron chi connectivity index (χ1n) is 11.8. The van der Waals surface area contributed by atoms with Crippen LogP contribution in [0, 0.1) is 28.8 Å². The molecule has 0 spiro atoms. The van der Waals surface area contributed by atoms with Crippen LogP contribution in [-0.4, -0.2) is 44.1 Å². The molecule has 1 aromatic rings. The smallest absolute Gasteiger partial charge is 0.238 e. The van der Waals surface area contributed by atoms with E-state index in [0.29, 0.717) is 31.7 Å². The summed E-state index contributed by atoms with van der Waals surface area (Å²) in [5.74, 6) is -4.07. The minimum Gasteiger partial charge on any atom is -0.598 e. The van der Waals surface area contributed by atoms with Crippen molar-refractivity contribution in [1.29, 1.82) is 0 Å². The van der Waals surface area contributed by atoms with Crippen LogP contribution in [0.3, 0.4) is 0 Å². The molecule has 3 N–H and O–H groups in total. The van der Waals surface area contributed by atoms with Crippen molar-refractivity contribution in [3.63, 3.8) is 0 Å². The lowest BCUT2D eigenvalue weighted by Crippen LogP contribution is -2.56. The van der Waals surface area contributed by atoms with Gasteiger partial charge in [0.2, 0.25) is 11.8 Å². The van der Waals surface area contributed by atoms with Crippen LogP contribution >= 0.6 is 0 Å². The summed E-state index contributed by atoms with van der Waals surface area (Å²) in [4.78, 5) is 26.9. The number of rotatable bonds is 7. The third-order valence-electron chi connectivity index (χ3n) is 7.55. The van der Waals surface area contributed by atoms with Gasteiger partial charge in [-0.2, -0.15) is 0 Å². The van der Waals surface area contributed by atoms with Gasteiger partial charge in [-0.05, 0) is 83.3 Å². The first-order valence-corrected chi connectivity index (χ1v) is 12.9. The zero-order chi connectivity index (χ0) is 25.0. The largest absolute Gasteiger partial charge is 0.598 e.